The number of aromatic nitrogens is 2. The molecule has 1 aromatic heterocycles. The first-order valence-corrected chi connectivity index (χ1v) is 9.71. The number of benzene rings is 2. The number of nitrogens with one attached hydrogen (secondary N) is 2. The molecule has 3 aromatic rings. The van der Waals surface area contributed by atoms with Crippen molar-refractivity contribution in [3.8, 4) is 0 Å². The van der Waals surface area contributed by atoms with Crippen molar-refractivity contribution in [2.75, 3.05) is 5.33 Å². The number of hydrogen-bond acceptors (Lipinski definition) is 1. The van der Waals surface area contributed by atoms with E-state index < -0.39 is 0 Å². The van der Waals surface area contributed by atoms with Gasteiger partial charge in [0.25, 0.3) is 5.56 Å². The Balaban J connectivity index is 2.18. The molecule has 0 aliphatic carbocycles. The van der Waals surface area contributed by atoms with Crippen molar-refractivity contribution in [1.82, 2.24) is 10.2 Å². The summed E-state index contributed by atoms with van der Waals surface area (Å²) in [6.45, 7) is 0. The minimum atomic E-state index is -0.223. The smallest absolute Gasteiger partial charge is 0.278 e. The third-order valence-corrected chi connectivity index (χ3v) is 5.68. The summed E-state index contributed by atoms with van der Waals surface area (Å²) in [7, 11) is 0. The molecule has 0 fully saturated rings. The Morgan fingerprint density at radius 1 is 0.875 bits per heavy atom. The molecule has 0 saturated heterocycles. The lowest BCUT2D eigenvalue weighted by Gasteiger charge is -2.35. The van der Waals surface area contributed by atoms with Crippen molar-refractivity contribution in [1.29, 1.82) is 0 Å². The fraction of sp³-hybridized carbons (Fsp3) is 0.211. The van der Waals surface area contributed by atoms with E-state index in [-0.39, 0.29) is 11.0 Å². The van der Waals surface area contributed by atoms with Crippen LogP contribution in [0.5, 0.6) is 0 Å². The molecule has 0 amide bonds. The second-order valence-electron chi connectivity index (χ2n) is 5.80. The van der Waals surface area contributed by atoms with Gasteiger partial charge in [0.05, 0.1) is 5.69 Å². The molecule has 124 valence electrons. The lowest BCUT2D eigenvalue weighted by atomic mass is 9.69. The standard InChI is InChI=1S/C19H18Br2N2O/c20-12-11-19(14-7-3-1-4-8-14,15-9-5-2-6-10-15)13-16-17(21)18(24)23-22-16/h1-10H,11-13H2,(H2,22,23,24). The highest BCUT2D eigenvalue weighted by atomic mass is 79.9. The van der Waals surface area contributed by atoms with Gasteiger partial charge in [-0.25, -0.2) is 0 Å². The van der Waals surface area contributed by atoms with Crippen molar-refractivity contribution in [3.05, 3.63) is 92.3 Å². The van der Waals surface area contributed by atoms with Gasteiger partial charge < -0.3 is 5.10 Å². The summed E-state index contributed by atoms with van der Waals surface area (Å²) in [6.07, 6.45) is 1.62. The number of hydrogen-bond donors (Lipinski definition) is 2. The van der Waals surface area contributed by atoms with Crippen LogP contribution in [0.3, 0.4) is 0 Å². The topological polar surface area (TPSA) is 48.6 Å². The number of alkyl halides is 1. The highest BCUT2D eigenvalue weighted by Gasteiger charge is 2.35. The Morgan fingerprint density at radius 3 is 1.83 bits per heavy atom. The van der Waals surface area contributed by atoms with Crippen LogP contribution >= 0.6 is 31.9 Å². The van der Waals surface area contributed by atoms with E-state index in [0.717, 1.165) is 17.4 Å². The predicted octanol–water partition coefficient (Wildman–Crippen LogP) is 4.78. The zero-order chi connectivity index (χ0) is 17.0. The minimum absolute atomic E-state index is 0.126. The van der Waals surface area contributed by atoms with E-state index in [1.54, 1.807) is 0 Å². The van der Waals surface area contributed by atoms with Gasteiger partial charge in [0.2, 0.25) is 0 Å². The molecule has 0 radical (unpaired) electrons. The van der Waals surface area contributed by atoms with E-state index in [0.29, 0.717) is 10.9 Å². The average molecular weight is 450 g/mol. The molecule has 0 bridgehead atoms. The second kappa shape index (κ2) is 7.53. The van der Waals surface area contributed by atoms with E-state index >= 15 is 0 Å². The summed E-state index contributed by atoms with van der Waals surface area (Å²) in [4.78, 5) is 11.8. The Morgan fingerprint density at radius 2 is 1.42 bits per heavy atom. The van der Waals surface area contributed by atoms with Crippen molar-refractivity contribution in [2.24, 2.45) is 0 Å². The number of halogens is 2. The quantitative estimate of drug-likeness (QED) is 0.522. The molecule has 0 saturated carbocycles. The van der Waals surface area contributed by atoms with Gasteiger partial charge in [0, 0.05) is 17.2 Å². The van der Waals surface area contributed by atoms with Crippen molar-refractivity contribution in [2.45, 2.75) is 18.3 Å². The van der Waals surface area contributed by atoms with Crippen LogP contribution in [0.2, 0.25) is 0 Å². The summed E-state index contributed by atoms with van der Waals surface area (Å²) in [5, 5.41) is 6.56. The largest absolute Gasteiger partial charge is 0.301 e. The van der Waals surface area contributed by atoms with Gasteiger partial charge in [0.15, 0.2) is 0 Å². The Labute approximate surface area is 157 Å². The maximum atomic E-state index is 11.8. The molecule has 3 rings (SSSR count). The molecular weight excluding hydrogens is 432 g/mol. The first-order valence-electron chi connectivity index (χ1n) is 7.79. The van der Waals surface area contributed by atoms with Crippen LogP contribution in [-0.4, -0.2) is 15.5 Å². The van der Waals surface area contributed by atoms with Crippen molar-refractivity contribution in [3.63, 3.8) is 0 Å². The predicted molar refractivity (Wildman–Crippen MR) is 105 cm³/mol. The number of H-pyrrole nitrogens is 2. The Hall–Kier alpha value is -1.59. The van der Waals surface area contributed by atoms with Gasteiger partial charge in [0.1, 0.15) is 4.47 Å². The van der Waals surface area contributed by atoms with Gasteiger partial charge >= 0.3 is 0 Å². The van der Waals surface area contributed by atoms with Gasteiger partial charge in [-0.1, -0.05) is 76.6 Å². The molecule has 0 unspecified atom stereocenters. The first kappa shape index (κ1) is 17.2. The number of aromatic amines is 2. The zero-order valence-corrected chi connectivity index (χ0v) is 16.2. The van der Waals surface area contributed by atoms with Crippen LogP contribution in [0.25, 0.3) is 0 Å². The Kier molecular flexibility index (Phi) is 5.41. The van der Waals surface area contributed by atoms with Crippen molar-refractivity contribution < 1.29 is 0 Å². The molecule has 2 aromatic carbocycles. The monoisotopic (exact) mass is 448 g/mol. The fourth-order valence-electron chi connectivity index (χ4n) is 3.23. The van der Waals surface area contributed by atoms with Crippen LogP contribution in [0.4, 0.5) is 0 Å². The summed E-state index contributed by atoms with van der Waals surface area (Å²) >= 11 is 7.04. The van der Waals surface area contributed by atoms with Gasteiger partial charge in [-0.3, -0.25) is 9.89 Å². The molecule has 3 nitrogen and oxygen atoms in total. The van der Waals surface area contributed by atoms with E-state index in [1.807, 2.05) is 12.1 Å². The van der Waals surface area contributed by atoms with E-state index in [1.165, 1.54) is 11.1 Å². The third-order valence-electron chi connectivity index (χ3n) is 4.44. The first-order chi connectivity index (χ1) is 11.7. The van der Waals surface area contributed by atoms with Crippen molar-refractivity contribution >= 4 is 31.9 Å². The summed E-state index contributed by atoms with van der Waals surface area (Å²) in [6, 6.07) is 21.0. The van der Waals surface area contributed by atoms with Gasteiger partial charge in [-0.2, -0.15) is 0 Å². The van der Waals surface area contributed by atoms with Crippen LogP contribution in [-0.2, 0) is 11.8 Å². The molecule has 0 spiro atoms. The Bertz CT molecular complexity index is 801. The molecule has 5 heteroatoms. The lowest BCUT2D eigenvalue weighted by Crippen LogP contribution is -2.31. The number of rotatable bonds is 6. The maximum absolute atomic E-state index is 11.8. The SMILES string of the molecule is O=c1[nH][nH]c(CC(CCBr)(c2ccccc2)c2ccccc2)c1Br. The molecule has 1 heterocycles. The second-order valence-corrected chi connectivity index (χ2v) is 7.39. The minimum Gasteiger partial charge on any atom is -0.301 e. The summed E-state index contributed by atoms with van der Waals surface area (Å²) < 4.78 is 0.577. The normalized spacial score (nSPS) is 11.6. The van der Waals surface area contributed by atoms with Gasteiger partial charge in [-0.05, 0) is 33.5 Å². The highest BCUT2D eigenvalue weighted by molar-refractivity contribution is 9.10. The molecule has 2 N–H and O–H groups in total. The van der Waals surface area contributed by atoms with Crippen LogP contribution in [0, 0.1) is 0 Å². The maximum Gasteiger partial charge on any atom is 0.278 e. The molecule has 0 atom stereocenters. The molecule has 24 heavy (non-hydrogen) atoms. The summed E-state index contributed by atoms with van der Waals surface area (Å²) in [5.41, 5.74) is 3.02. The van der Waals surface area contributed by atoms with E-state index in [4.69, 9.17) is 0 Å². The highest BCUT2D eigenvalue weighted by Crippen LogP contribution is 2.39. The van der Waals surface area contributed by atoms with Gasteiger partial charge in [-0.15, -0.1) is 0 Å². The molecule has 0 aliphatic rings. The van der Waals surface area contributed by atoms with E-state index in [9.17, 15) is 4.79 Å². The van der Waals surface area contributed by atoms with Crippen LogP contribution in [0.15, 0.2) is 69.9 Å². The summed E-state index contributed by atoms with van der Waals surface area (Å²) in [5.74, 6) is 0. The fourth-order valence-corrected chi connectivity index (χ4v) is 4.24. The van der Waals surface area contributed by atoms with E-state index in [2.05, 4.69) is 90.6 Å². The zero-order valence-electron chi connectivity index (χ0n) is 13.1. The van der Waals surface area contributed by atoms with Crippen LogP contribution < -0.4 is 5.56 Å². The third kappa shape index (κ3) is 3.28. The average Bonchev–Trinajstić information content (AvgIpc) is 2.94. The molecule has 0 aliphatic heterocycles. The van der Waals surface area contributed by atoms with Crippen LogP contribution in [0.1, 0.15) is 23.2 Å². The molecular formula is C19H18Br2N2O. The lowest BCUT2D eigenvalue weighted by molar-refractivity contribution is 0.490.